The van der Waals surface area contributed by atoms with Crippen LogP contribution in [0.15, 0.2) is 47.4 Å². The average molecular weight is 257 g/mol. The van der Waals surface area contributed by atoms with Crippen molar-refractivity contribution in [2.24, 2.45) is 0 Å². The molecule has 4 nitrogen and oxygen atoms in total. The van der Waals surface area contributed by atoms with Crippen molar-refractivity contribution in [2.75, 3.05) is 6.61 Å². The minimum absolute atomic E-state index is 0.0642. The van der Waals surface area contributed by atoms with E-state index in [1.54, 1.807) is 35.0 Å². The molecule has 0 unspecified atom stereocenters. The van der Waals surface area contributed by atoms with E-state index in [4.69, 9.17) is 4.74 Å². The van der Waals surface area contributed by atoms with Crippen LogP contribution in [-0.4, -0.2) is 17.5 Å². The van der Waals surface area contributed by atoms with Crippen LogP contribution in [0.4, 0.5) is 0 Å². The summed E-state index contributed by atoms with van der Waals surface area (Å²) in [6.07, 6.45) is 2.48. The van der Waals surface area contributed by atoms with Gasteiger partial charge in [-0.2, -0.15) is 0 Å². The molecular formula is C15H15NO3. The lowest BCUT2D eigenvalue weighted by Crippen LogP contribution is -2.21. The molecule has 1 aromatic carbocycles. The monoisotopic (exact) mass is 257 g/mol. The summed E-state index contributed by atoms with van der Waals surface area (Å²) in [6.45, 7) is 2.71. The predicted octanol–water partition coefficient (Wildman–Crippen LogP) is 2.05. The molecule has 2 aromatic rings. The molecule has 0 amide bonds. The van der Waals surface area contributed by atoms with E-state index >= 15 is 0 Å². The summed E-state index contributed by atoms with van der Waals surface area (Å²) in [5, 5.41) is 0. The Bertz CT molecular complexity index is 631. The van der Waals surface area contributed by atoms with Crippen molar-refractivity contribution in [2.45, 2.75) is 13.5 Å². The Hall–Kier alpha value is -2.36. The molecule has 0 radical (unpaired) electrons. The van der Waals surface area contributed by atoms with E-state index in [9.17, 15) is 9.59 Å². The molecule has 19 heavy (non-hydrogen) atoms. The maximum Gasteiger partial charge on any atom is 0.250 e. The number of rotatable bonds is 5. The third-order valence-electron chi connectivity index (χ3n) is 2.78. The van der Waals surface area contributed by atoms with Gasteiger partial charge in [0.25, 0.3) is 5.56 Å². The van der Waals surface area contributed by atoms with E-state index in [1.165, 1.54) is 6.07 Å². The van der Waals surface area contributed by atoms with Crippen molar-refractivity contribution >= 4 is 6.29 Å². The Labute approximate surface area is 111 Å². The number of ether oxygens (including phenoxy) is 1. The first-order valence-corrected chi connectivity index (χ1v) is 6.05. The number of nitrogens with zero attached hydrogens (tertiary/aromatic N) is 1. The number of aromatic nitrogens is 1. The SMILES string of the molecule is Cc1ccc(OCCn2ccccc2=O)c(C=O)c1. The van der Waals surface area contributed by atoms with Gasteiger partial charge in [-0.05, 0) is 25.1 Å². The molecule has 4 heteroatoms. The second-order valence-corrected chi connectivity index (χ2v) is 4.24. The van der Waals surface area contributed by atoms with Crippen molar-refractivity contribution in [1.82, 2.24) is 4.57 Å². The number of hydrogen-bond acceptors (Lipinski definition) is 3. The normalized spacial score (nSPS) is 10.2. The minimum atomic E-state index is -0.0642. The van der Waals surface area contributed by atoms with Crippen LogP contribution < -0.4 is 10.3 Å². The second kappa shape index (κ2) is 6.00. The number of aryl methyl sites for hydroxylation is 1. The lowest BCUT2D eigenvalue weighted by atomic mass is 10.1. The summed E-state index contributed by atoms with van der Waals surface area (Å²) < 4.78 is 7.12. The summed E-state index contributed by atoms with van der Waals surface area (Å²) in [5.74, 6) is 0.546. The van der Waals surface area contributed by atoms with Gasteiger partial charge in [0.1, 0.15) is 12.4 Å². The Morgan fingerprint density at radius 3 is 2.84 bits per heavy atom. The number of hydrogen-bond donors (Lipinski definition) is 0. The number of carbonyl (C=O) groups excluding carboxylic acids is 1. The molecule has 0 atom stereocenters. The molecule has 1 aromatic heterocycles. The molecule has 0 saturated carbocycles. The fourth-order valence-corrected chi connectivity index (χ4v) is 1.79. The van der Waals surface area contributed by atoms with Crippen molar-refractivity contribution in [3.8, 4) is 5.75 Å². The molecular weight excluding hydrogens is 242 g/mol. The smallest absolute Gasteiger partial charge is 0.250 e. The zero-order valence-electron chi connectivity index (χ0n) is 10.7. The third-order valence-corrected chi connectivity index (χ3v) is 2.78. The molecule has 0 aliphatic carbocycles. The van der Waals surface area contributed by atoms with E-state index in [2.05, 4.69) is 0 Å². The molecule has 2 rings (SSSR count). The van der Waals surface area contributed by atoms with Crippen LogP contribution in [0.25, 0.3) is 0 Å². The number of carbonyl (C=O) groups is 1. The van der Waals surface area contributed by atoms with Gasteiger partial charge < -0.3 is 9.30 Å². The highest BCUT2D eigenvalue weighted by Crippen LogP contribution is 2.17. The van der Waals surface area contributed by atoms with Crippen LogP contribution in [0.3, 0.4) is 0 Å². The van der Waals surface area contributed by atoms with E-state index in [0.29, 0.717) is 24.5 Å². The molecule has 0 bridgehead atoms. The summed E-state index contributed by atoms with van der Waals surface area (Å²) in [5.41, 5.74) is 1.47. The molecule has 0 N–H and O–H groups in total. The number of pyridine rings is 1. The van der Waals surface area contributed by atoms with E-state index in [-0.39, 0.29) is 5.56 Å². The Kier molecular flexibility index (Phi) is 4.13. The molecule has 0 fully saturated rings. The first-order chi connectivity index (χ1) is 9.20. The molecule has 0 aliphatic rings. The van der Waals surface area contributed by atoms with Gasteiger partial charge in [0.05, 0.1) is 12.1 Å². The summed E-state index contributed by atoms with van der Waals surface area (Å²) >= 11 is 0. The standard InChI is InChI=1S/C15H15NO3/c1-12-5-6-14(13(10-12)11-17)19-9-8-16-7-3-2-4-15(16)18/h2-7,10-11H,8-9H2,1H3. The largest absolute Gasteiger partial charge is 0.491 e. The van der Waals surface area contributed by atoms with Gasteiger partial charge in [-0.15, -0.1) is 0 Å². The fourth-order valence-electron chi connectivity index (χ4n) is 1.79. The lowest BCUT2D eigenvalue weighted by Gasteiger charge is -2.10. The number of aldehydes is 1. The Morgan fingerprint density at radius 1 is 1.26 bits per heavy atom. The highest BCUT2D eigenvalue weighted by atomic mass is 16.5. The zero-order valence-corrected chi connectivity index (χ0v) is 10.7. The molecule has 0 saturated heterocycles. The van der Waals surface area contributed by atoms with Crippen molar-refractivity contribution in [3.05, 3.63) is 64.1 Å². The van der Waals surface area contributed by atoms with Gasteiger partial charge in [-0.25, -0.2) is 0 Å². The van der Waals surface area contributed by atoms with E-state index in [1.807, 2.05) is 13.0 Å². The van der Waals surface area contributed by atoms with Gasteiger partial charge in [-0.3, -0.25) is 9.59 Å². The van der Waals surface area contributed by atoms with Crippen LogP contribution in [-0.2, 0) is 6.54 Å². The highest BCUT2D eigenvalue weighted by Gasteiger charge is 2.03. The van der Waals surface area contributed by atoms with Crippen molar-refractivity contribution in [1.29, 1.82) is 0 Å². The quantitative estimate of drug-likeness (QED) is 0.770. The maximum absolute atomic E-state index is 11.5. The first kappa shape index (κ1) is 13.1. The highest BCUT2D eigenvalue weighted by molar-refractivity contribution is 5.79. The maximum atomic E-state index is 11.5. The summed E-state index contributed by atoms with van der Waals surface area (Å²) in [4.78, 5) is 22.4. The molecule has 0 spiro atoms. The van der Waals surface area contributed by atoms with Gasteiger partial charge in [0.2, 0.25) is 0 Å². The topological polar surface area (TPSA) is 48.3 Å². The van der Waals surface area contributed by atoms with Crippen LogP contribution in [0.1, 0.15) is 15.9 Å². The lowest BCUT2D eigenvalue weighted by molar-refractivity contribution is 0.111. The predicted molar refractivity (Wildman–Crippen MR) is 72.8 cm³/mol. The first-order valence-electron chi connectivity index (χ1n) is 6.05. The molecule has 98 valence electrons. The van der Waals surface area contributed by atoms with E-state index in [0.717, 1.165) is 11.8 Å². The van der Waals surface area contributed by atoms with Crippen LogP contribution in [0.5, 0.6) is 5.75 Å². The van der Waals surface area contributed by atoms with Gasteiger partial charge in [0, 0.05) is 12.3 Å². The van der Waals surface area contributed by atoms with Crippen LogP contribution in [0.2, 0.25) is 0 Å². The van der Waals surface area contributed by atoms with E-state index < -0.39 is 0 Å². The van der Waals surface area contributed by atoms with Gasteiger partial charge >= 0.3 is 0 Å². The Morgan fingerprint density at radius 2 is 2.11 bits per heavy atom. The van der Waals surface area contributed by atoms with Crippen LogP contribution >= 0.6 is 0 Å². The Balaban J connectivity index is 2.02. The van der Waals surface area contributed by atoms with Crippen molar-refractivity contribution < 1.29 is 9.53 Å². The van der Waals surface area contributed by atoms with Gasteiger partial charge in [0.15, 0.2) is 6.29 Å². The second-order valence-electron chi connectivity index (χ2n) is 4.24. The molecule has 0 aliphatic heterocycles. The zero-order chi connectivity index (χ0) is 13.7. The average Bonchev–Trinajstić information content (AvgIpc) is 2.42. The third kappa shape index (κ3) is 3.31. The summed E-state index contributed by atoms with van der Waals surface area (Å²) in [7, 11) is 0. The fraction of sp³-hybridized carbons (Fsp3) is 0.200. The molecule has 1 heterocycles. The minimum Gasteiger partial charge on any atom is -0.491 e. The van der Waals surface area contributed by atoms with Crippen LogP contribution in [0, 0.1) is 6.92 Å². The van der Waals surface area contributed by atoms with Gasteiger partial charge in [-0.1, -0.05) is 17.7 Å². The van der Waals surface area contributed by atoms with Crippen molar-refractivity contribution in [3.63, 3.8) is 0 Å². The summed E-state index contributed by atoms with van der Waals surface area (Å²) in [6, 6.07) is 10.4. The number of benzene rings is 1.